The fourth-order valence-corrected chi connectivity index (χ4v) is 11.2. The number of hydrogen-bond acceptors (Lipinski definition) is 13. The van der Waals surface area contributed by atoms with E-state index in [0.717, 1.165) is 42.2 Å². The first-order chi connectivity index (χ1) is 31.4. The van der Waals surface area contributed by atoms with Crippen molar-refractivity contribution in [2.24, 2.45) is 16.7 Å². The lowest BCUT2D eigenvalue weighted by atomic mass is 9.49. The van der Waals surface area contributed by atoms with Crippen LogP contribution in [0.15, 0.2) is 65.5 Å². The Balaban J connectivity index is 0.715. The van der Waals surface area contributed by atoms with Gasteiger partial charge in [0.25, 0.3) is 17.4 Å². The number of nitrogens with zero attached hydrogens (tertiary/aromatic N) is 8. The minimum atomic E-state index is -0.908. The number of β-amino-alcohol motifs (C(OH)–C–C–N with tert-alkyl or cyclic N) is 1. The van der Waals surface area contributed by atoms with Crippen LogP contribution in [0, 0.1) is 28.1 Å². The maximum absolute atomic E-state index is 13.6. The summed E-state index contributed by atoms with van der Waals surface area (Å²) in [6.07, 6.45) is 1.08. The molecule has 4 aromatic rings. The van der Waals surface area contributed by atoms with Gasteiger partial charge in [-0.25, -0.2) is 0 Å². The zero-order valence-electron chi connectivity index (χ0n) is 37.6. The number of hydrogen-bond donors (Lipinski definition) is 3. The summed E-state index contributed by atoms with van der Waals surface area (Å²) in [5.74, 6) is -0.643. The highest BCUT2D eigenvalue weighted by Gasteiger charge is 2.64. The number of aliphatic hydroxyl groups is 1. The van der Waals surface area contributed by atoms with E-state index in [2.05, 4.69) is 64.5 Å². The third-order valence-corrected chi connectivity index (χ3v) is 14.9. The molecule has 5 heterocycles. The van der Waals surface area contributed by atoms with Gasteiger partial charge in [-0.05, 0) is 73.9 Å². The van der Waals surface area contributed by atoms with Gasteiger partial charge in [0, 0.05) is 105 Å². The van der Waals surface area contributed by atoms with Crippen molar-refractivity contribution >= 4 is 57.5 Å². The molecule has 0 radical (unpaired) electrons. The molecule has 1 atom stereocenters. The molecule has 0 bridgehead atoms. The number of nitriles is 1. The van der Waals surface area contributed by atoms with Gasteiger partial charge >= 0.3 is 0 Å². The monoisotopic (exact) mass is 918 g/mol. The molecule has 9 rings (SSSR count). The van der Waals surface area contributed by atoms with Crippen molar-refractivity contribution in [3.63, 3.8) is 0 Å². The number of carbonyl (C=O) groups is 4. The molecule has 1 saturated carbocycles. The first-order valence-electron chi connectivity index (χ1n) is 22.7. The van der Waals surface area contributed by atoms with Gasteiger partial charge in [-0.3, -0.25) is 34.2 Å². The largest absolute Gasteiger partial charge is 0.489 e. The Hall–Kier alpha value is -6.09. The van der Waals surface area contributed by atoms with Gasteiger partial charge in [-0.15, -0.1) is 5.10 Å². The van der Waals surface area contributed by atoms with Crippen LogP contribution in [0.25, 0.3) is 10.9 Å². The van der Waals surface area contributed by atoms with Gasteiger partial charge in [0.15, 0.2) is 0 Å². The number of piperidine rings is 2. The molecular weight excluding hydrogens is 864 g/mol. The summed E-state index contributed by atoms with van der Waals surface area (Å²) in [6, 6.07) is 19.0. The fourth-order valence-electron chi connectivity index (χ4n) is 11.0. The number of likely N-dealkylation sites (tertiary alicyclic amines) is 1. The highest BCUT2D eigenvalue weighted by atomic mass is 35.5. The van der Waals surface area contributed by atoms with Crippen molar-refractivity contribution in [2.45, 2.75) is 77.2 Å². The Morgan fingerprint density at radius 2 is 1.59 bits per heavy atom. The zero-order valence-corrected chi connectivity index (χ0v) is 38.4. The van der Waals surface area contributed by atoms with E-state index >= 15 is 0 Å². The SMILES string of the molecule is CC1(C)[C@H](NC(=O)c2ccc(N3CCN(CC4(O)CCN(C(=O)C5CN(c6ccc7nnn(C8CCC(=O)NC8=O)c(=O)c7c6)C5)CC4)CC3)cc2)C(C)(C)[C@H]1Oc1ccc(C#N)c(Cl)c1. The van der Waals surface area contributed by atoms with E-state index in [1.165, 1.54) is 0 Å². The van der Waals surface area contributed by atoms with Gasteiger partial charge in [0.1, 0.15) is 29.5 Å². The van der Waals surface area contributed by atoms with E-state index in [1.807, 2.05) is 40.1 Å². The maximum Gasteiger partial charge on any atom is 0.278 e. The highest BCUT2D eigenvalue weighted by molar-refractivity contribution is 6.31. The van der Waals surface area contributed by atoms with Crippen LogP contribution in [-0.4, -0.2) is 130 Å². The number of nitrogens with one attached hydrogen (secondary N) is 2. The third-order valence-electron chi connectivity index (χ3n) is 14.6. The number of fused-ring (bicyclic) bond motifs is 1. The van der Waals surface area contributed by atoms with Crippen LogP contribution in [0.4, 0.5) is 11.4 Å². The van der Waals surface area contributed by atoms with Crippen molar-refractivity contribution < 1.29 is 29.0 Å². The first-order valence-corrected chi connectivity index (χ1v) is 23.1. The van der Waals surface area contributed by atoms with Crippen LogP contribution in [0.5, 0.6) is 5.75 Å². The molecule has 4 saturated heterocycles. The summed E-state index contributed by atoms with van der Waals surface area (Å²) < 4.78 is 7.43. The summed E-state index contributed by atoms with van der Waals surface area (Å²) in [5, 5.41) is 35.2. The molecule has 5 fully saturated rings. The van der Waals surface area contributed by atoms with Gasteiger partial charge in [-0.2, -0.15) is 9.94 Å². The van der Waals surface area contributed by atoms with E-state index in [4.69, 9.17) is 16.3 Å². The van der Waals surface area contributed by atoms with Crippen molar-refractivity contribution in [2.75, 3.05) is 68.7 Å². The second kappa shape index (κ2) is 17.3. The number of rotatable bonds is 10. The lowest BCUT2D eigenvalue weighted by Crippen LogP contribution is -2.74. The number of carbonyl (C=O) groups excluding carboxylic acids is 4. The number of imide groups is 1. The number of piperazine rings is 1. The first kappa shape index (κ1) is 45.1. The van der Waals surface area contributed by atoms with E-state index < -0.39 is 23.1 Å². The van der Waals surface area contributed by atoms with Crippen LogP contribution in [0.2, 0.25) is 5.02 Å². The molecule has 1 unspecified atom stereocenters. The van der Waals surface area contributed by atoms with E-state index in [1.54, 1.807) is 30.3 Å². The van der Waals surface area contributed by atoms with Crippen LogP contribution in [-0.2, 0) is 14.4 Å². The van der Waals surface area contributed by atoms with E-state index in [-0.39, 0.29) is 59.5 Å². The van der Waals surface area contributed by atoms with Crippen LogP contribution in [0.3, 0.4) is 0 Å². The standard InChI is InChI=1S/C48H55ClN10O7/c1-46(2)44(47(3,4)45(46)66-34-11-7-30(25-50)36(49)24-34)52-40(61)29-5-8-32(9-6-29)56-21-19-55(20-22-56)28-48(65)15-17-57(18-16-48)42(63)31-26-58(27-31)33-10-12-37-35(23-33)43(64)59(54-53-37)38-13-14-39(60)51-41(38)62/h5-12,23-24,31,38,44-45,65H,13-22,26-28H2,1-4H3,(H,52,61)(H,51,60,62)/t38?,44-,45-. The predicted octanol–water partition coefficient (Wildman–Crippen LogP) is 3.52. The molecule has 4 amide bonds. The minimum Gasteiger partial charge on any atom is -0.489 e. The number of benzene rings is 3. The molecule has 1 aromatic heterocycles. The summed E-state index contributed by atoms with van der Waals surface area (Å²) in [5.41, 5.74) is 1.07. The minimum absolute atomic E-state index is 0.0680. The summed E-state index contributed by atoms with van der Waals surface area (Å²) in [4.78, 5) is 73.0. The maximum atomic E-state index is 13.6. The number of ether oxygens (including phenoxy) is 1. The number of aromatic nitrogens is 3. The summed E-state index contributed by atoms with van der Waals surface area (Å²) >= 11 is 6.26. The second-order valence-electron chi connectivity index (χ2n) is 19.8. The molecule has 66 heavy (non-hydrogen) atoms. The molecular formula is C48H55ClN10O7. The Morgan fingerprint density at radius 3 is 2.24 bits per heavy atom. The van der Waals surface area contributed by atoms with Crippen LogP contribution < -0.4 is 30.7 Å². The molecule has 3 aromatic carbocycles. The number of anilines is 2. The fraction of sp³-hybridized carbons (Fsp3) is 0.500. The lowest BCUT2D eigenvalue weighted by molar-refractivity contribution is -0.164. The van der Waals surface area contributed by atoms with Gasteiger partial charge < -0.3 is 29.9 Å². The van der Waals surface area contributed by atoms with Gasteiger partial charge in [0.05, 0.1) is 27.5 Å². The molecule has 4 aliphatic heterocycles. The Bertz CT molecular complexity index is 2660. The predicted molar refractivity (Wildman–Crippen MR) is 246 cm³/mol. The topological polar surface area (TPSA) is 206 Å². The molecule has 3 N–H and O–H groups in total. The van der Waals surface area contributed by atoms with Gasteiger partial charge in [0.2, 0.25) is 11.8 Å². The number of halogens is 1. The van der Waals surface area contributed by atoms with Crippen molar-refractivity contribution in [1.29, 1.82) is 5.26 Å². The van der Waals surface area contributed by atoms with Crippen molar-refractivity contribution in [1.82, 2.24) is 35.4 Å². The normalized spacial score (nSPS) is 23.9. The van der Waals surface area contributed by atoms with Crippen LogP contribution in [0.1, 0.15) is 75.3 Å². The summed E-state index contributed by atoms with van der Waals surface area (Å²) in [7, 11) is 0. The smallest absolute Gasteiger partial charge is 0.278 e. The van der Waals surface area contributed by atoms with E-state index in [0.29, 0.717) is 78.4 Å². The van der Waals surface area contributed by atoms with Crippen LogP contribution >= 0.6 is 11.6 Å². The summed E-state index contributed by atoms with van der Waals surface area (Å²) in [6.45, 7) is 13.9. The van der Waals surface area contributed by atoms with Crippen molar-refractivity contribution in [3.8, 4) is 11.8 Å². The Kier molecular flexibility index (Phi) is 11.8. The Labute approximate surface area is 387 Å². The molecule has 346 valence electrons. The third kappa shape index (κ3) is 8.46. The average molecular weight is 919 g/mol. The zero-order chi connectivity index (χ0) is 46.7. The molecule has 17 nitrogen and oxygen atoms in total. The van der Waals surface area contributed by atoms with E-state index in [9.17, 15) is 34.3 Å². The molecule has 0 spiro atoms. The van der Waals surface area contributed by atoms with Crippen molar-refractivity contribution in [3.05, 3.63) is 87.2 Å². The molecule has 5 aliphatic rings. The quantitative estimate of drug-likeness (QED) is 0.195. The second-order valence-corrected chi connectivity index (χ2v) is 20.2. The Morgan fingerprint density at radius 1 is 0.909 bits per heavy atom. The lowest BCUT2D eigenvalue weighted by Gasteiger charge is -2.63. The highest BCUT2D eigenvalue weighted by Crippen LogP contribution is 2.55. The molecule has 18 heteroatoms. The van der Waals surface area contributed by atoms with Gasteiger partial charge in [-0.1, -0.05) is 44.5 Å². The molecule has 1 aliphatic carbocycles. The number of amides is 4. The average Bonchev–Trinajstić information content (AvgIpc) is 3.27.